The van der Waals surface area contributed by atoms with E-state index in [4.69, 9.17) is 9.47 Å². The number of methoxy groups -OCH3 is 2. The Balaban J connectivity index is 1.89. The van der Waals surface area contributed by atoms with E-state index in [1.54, 1.807) is 44.4 Å². The minimum absolute atomic E-state index is 0.0581. The van der Waals surface area contributed by atoms with Gasteiger partial charge in [-0.1, -0.05) is 6.92 Å². The maximum atomic E-state index is 13.2. The van der Waals surface area contributed by atoms with Crippen molar-refractivity contribution in [3.63, 3.8) is 0 Å². The van der Waals surface area contributed by atoms with E-state index in [1.165, 1.54) is 24.9 Å². The number of hydrogen-bond acceptors (Lipinski definition) is 6. The van der Waals surface area contributed by atoms with E-state index < -0.39 is 16.1 Å². The summed E-state index contributed by atoms with van der Waals surface area (Å²) in [5, 5.41) is 0. The van der Waals surface area contributed by atoms with Gasteiger partial charge in [-0.05, 0) is 68.3 Å². The molecule has 3 rings (SSSR count). The van der Waals surface area contributed by atoms with Crippen LogP contribution in [0.1, 0.15) is 48.7 Å². The standard InChI is InChI=1S/C24H32N2O5S2/c1-16-10-12-26(13-11-16)24(27)21-15-19(7-9-23(21)32-5)33(28,29)25-17(2)20-14-18(30-3)6-8-22(20)31-4/h6-9,14-17,25H,10-13H2,1-5H3/t17-/m0/s1. The Hall–Kier alpha value is -2.23. The molecule has 2 aromatic rings. The molecule has 0 aliphatic carbocycles. The van der Waals surface area contributed by atoms with Crippen molar-refractivity contribution in [2.45, 2.75) is 42.5 Å². The van der Waals surface area contributed by atoms with Crippen molar-refractivity contribution in [1.29, 1.82) is 0 Å². The molecule has 1 amide bonds. The molecule has 1 atom stereocenters. The number of rotatable bonds is 8. The number of thioether (sulfide) groups is 1. The van der Waals surface area contributed by atoms with E-state index in [1.807, 2.05) is 11.2 Å². The van der Waals surface area contributed by atoms with Crippen LogP contribution in [-0.4, -0.2) is 52.8 Å². The molecule has 9 heteroatoms. The van der Waals surface area contributed by atoms with Crippen molar-refractivity contribution in [2.75, 3.05) is 33.6 Å². The van der Waals surface area contributed by atoms with Crippen LogP contribution in [0.25, 0.3) is 0 Å². The van der Waals surface area contributed by atoms with Gasteiger partial charge in [0.2, 0.25) is 10.0 Å². The van der Waals surface area contributed by atoms with Crippen LogP contribution in [0.15, 0.2) is 46.2 Å². The Bertz CT molecular complexity index is 1100. The maximum absolute atomic E-state index is 13.2. The van der Waals surface area contributed by atoms with Gasteiger partial charge in [0.25, 0.3) is 5.91 Å². The second-order valence-electron chi connectivity index (χ2n) is 8.29. The number of nitrogens with zero attached hydrogens (tertiary/aromatic N) is 1. The fourth-order valence-corrected chi connectivity index (χ4v) is 5.76. The van der Waals surface area contributed by atoms with Gasteiger partial charge in [-0.25, -0.2) is 13.1 Å². The molecule has 0 unspecified atom stereocenters. The van der Waals surface area contributed by atoms with E-state index in [9.17, 15) is 13.2 Å². The molecule has 1 heterocycles. The van der Waals surface area contributed by atoms with Gasteiger partial charge in [0.15, 0.2) is 0 Å². The summed E-state index contributed by atoms with van der Waals surface area (Å²) in [6, 6.07) is 9.39. The van der Waals surface area contributed by atoms with E-state index >= 15 is 0 Å². The molecule has 1 fully saturated rings. The van der Waals surface area contributed by atoms with Gasteiger partial charge in [-0.2, -0.15) is 0 Å². The zero-order chi connectivity index (χ0) is 24.2. The molecule has 1 aliphatic rings. The highest BCUT2D eigenvalue weighted by molar-refractivity contribution is 7.98. The third kappa shape index (κ3) is 5.83. The Morgan fingerprint density at radius 3 is 2.42 bits per heavy atom. The molecule has 1 N–H and O–H groups in total. The van der Waals surface area contributed by atoms with E-state index in [2.05, 4.69) is 11.6 Å². The second kappa shape index (κ2) is 10.8. The topological polar surface area (TPSA) is 84.9 Å². The highest BCUT2D eigenvalue weighted by Crippen LogP contribution is 2.31. The van der Waals surface area contributed by atoms with Gasteiger partial charge in [-0.15, -0.1) is 11.8 Å². The smallest absolute Gasteiger partial charge is 0.255 e. The first-order chi connectivity index (χ1) is 15.7. The first-order valence-electron chi connectivity index (χ1n) is 10.9. The van der Waals surface area contributed by atoms with Gasteiger partial charge in [0.1, 0.15) is 11.5 Å². The number of hydrogen-bond donors (Lipinski definition) is 1. The average Bonchev–Trinajstić information content (AvgIpc) is 2.82. The molecule has 0 saturated carbocycles. The molecular weight excluding hydrogens is 460 g/mol. The molecule has 0 bridgehead atoms. The van der Waals surface area contributed by atoms with Crippen LogP contribution in [0, 0.1) is 5.92 Å². The molecule has 0 radical (unpaired) electrons. The lowest BCUT2D eigenvalue weighted by molar-refractivity contribution is 0.0693. The van der Waals surface area contributed by atoms with Crippen LogP contribution in [0.3, 0.4) is 0 Å². The summed E-state index contributed by atoms with van der Waals surface area (Å²) < 4.78 is 39.9. The minimum Gasteiger partial charge on any atom is -0.497 e. The van der Waals surface area contributed by atoms with Crippen molar-refractivity contribution in [3.8, 4) is 11.5 Å². The maximum Gasteiger partial charge on any atom is 0.255 e. The van der Waals surface area contributed by atoms with Crippen LogP contribution in [-0.2, 0) is 10.0 Å². The van der Waals surface area contributed by atoms with Gasteiger partial charge in [0.05, 0.1) is 24.7 Å². The summed E-state index contributed by atoms with van der Waals surface area (Å²) >= 11 is 1.43. The molecule has 0 aromatic heterocycles. The molecule has 0 spiro atoms. The third-order valence-corrected chi connectivity index (χ3v) is 8.35. The van der Waals surface area contributed by atoms with Crippen LogP contribution < -0.4 is 14.2 Å². The van der Waals surface area contributed by atoms with Gasteiger partial charge < -0.3 is 14.4 Å². The number of nitrogens with one attached hydrogen (secondary N) is 1. The molecule has 180 valence electrons. The Morgan fingerprint density at radius 1 is 1.12 bits per heavy atom. The van der Waals surface area contributed by atoms with E-state index in [0.717, 1.165) is 17.7 Å². The van der Waals surface area contributed by atoms with Crippen molar-refractivity contribution in [2.24, 2.45) is 5.92 Å². The fraction of sp³-hybridized carbons (Fsp3) is 0.458. The summed E-state index contributed by atoms with van der Waals surface area (Å²) in [5.41, 5.74) is 1.08. The van der Waals surface area contributed by atoms with Crippen LogP contribution >= 0.6 is 11.8 Å². The number of carbonyl (C=O) groups excluding carboxylic acids is 1. The number of piperidine rings is 1. The number of benzene rings is 2. The molecule has 2 aromatic carbocycles. The first kappa shape index (κ1) is 25.4. The third-order valence-electron chi connectivity index (χ3n) is 6.02. The van der Waals surface area contributed by atoms with Gasteiger partial charge in [0, 0.05) is 29.6 Å². The first-order valence-corrected chi connectivity index (χ1v) is 13.6. The number of likely N-dealkylation sites (tertiary alicyclic amines) is 1. The monoisotopic (exact) mass is 492 g/mol. The zero-order valence-corrected chi connectivity index (χ0v) is 21.4. The summed E-state index contributed by atoms with van der Waals surface area (Å²) in [5.74, 6) is 1.63. The Kier molecular flexibility index (Phi) is 8.31. The fourth-order valence-electron chi connectivity index (χ4n) is 3.95. The second-order valence-corrected chi connectivity index (χ2v) is 10.8. The van der Waals surface area contributed by atoms with E-state index in [0.29, 0.717) is 41.6 Å². The molecule has 33 heavy (non-hydrogen) atoms. The van der Waals surface area contributed by atoms with Crippen LogP contribution in [0.4, 0.5) is 0 Å². The predicted molar refractivity (Wildman–Crippen MR) is 131 cm³/mol. The average molecular weight is 493 g/mol. The predicted octanol–water partition coefficient (Wildman–Crippen LogP) is 4.34. The lowest BCUT2D eigenvalue weighted by Crippen LogP contribution is -2.38. The van der Waals surface area contributed by atoms with Crippen LogP contribution in [0.5, 0.6) is 11.5 Å². The van der Waals surface area contributed by atoms with E-state index in [-0.39, 0.29) is 10.8 Å². The number of amides is 1. The van der Waals surface area contributed by atoms with Crippen molar-refractivity contribution < 1.29 is 22.7 Å². The highest BCUT2D eigenvalue weighted by Gasteiger charge is 2.27. The summed E-state index contributed by atoms with van der Waals surface area (Å²) in [7, 11) is -0.814. The molecular formula is C24H32N2O5S2. The number of sulfonamides is 1. The normalized spacial score (nSPS) is 15.8. The lowest BCUT2D eigenvalue weighted by atomic mass is 9.98. The minimum atomic E-state index is -3.90. The zero-order valence-electron chi connectivity index (χ0n) is 19.8. The Labute approximate surface area is 200 Å². The molecule has 7 nitrogen and oxygen atoms in total. The summed E-state index contributed by atoms with van der Waals surface area (Å²) in [6.07, 6.45) is 3.80. The Morgan fingerprint density at radius 2 is 1.82 bits per heavy atom. The van der Waals surface area contributed by atoms with Crippen molar-refractivity contribution in [3.05, 3.63) is 47.5 Å². The molecule has 1 saturated heterocycles. The summed E-state index contributed by atoms with van der Waals surface area (Å²) in [6.45, 7) is 5.31. The number of carbonyl (C=O) groups is 1. The van der Waals surface area contributed by atoms with Crippen molar-refractivity contribution >= 4 is 27.7 Å². The summed E-state index contributed by atoms with van der Waals surface area (Å²) in [4.78, 5) is 15.9. The quantitative estimate of drug-likeness (QED) is 0.552. The van der Waals surface area contributed by atoms with Gasteiger partial charge >= 0.3 is 0 Å². The van der Waals surface area contributed by atoms with Crippen molar-refractivity contribution in [1.82, 2.24) is 9.62 Å². The lowest BCUT2D eigenvalue weighted by Gasteiger charge is -2.31. The number of ether oxygens (including phenoxy) is 2. The largest absolute Gasteiger partial charge is 0.497 e. The SMILES string of the molecule is COc1ccc(OC)c([C@H](C)NS(=O)(=O)c2ccc(SC)c(C(=O)N3CCC(C)CC3)c2)c1. The van der Waals surface area contributed by atoms with Crippen LogP contribution in [0.2, 0.25) is 0 Å². The van der Waals surface area contributed by atoms with Gasteiger partial charge in [-0.3, -0.25) is 4.79 Å². The highest BCUT2D eigenvalue weighted by atomic mass is 32.2. The molecule has 1 aliphatic heterocycles.